The van der Waals surface area contributed by atoms with Crippen LogP contribution >= 0.6 is 0 Å². The van der Waals surface area contributed by atoms with Gasteiger partial charge in [-0.3, -0.25) is 14.3 Å². The number of hydrogen-bond donors (Lipinski definition) is 0. The lowest BCUT2D eigenvalue weighted by molar-refractivity contribution is -0.161. The van der Waals surface area contributed by atoms with E-state index in [1.54, 1.807) is 10.8 Å². The third-order valence-corrected chi connectivity index (χ3v) is 5.95. The molecule has 174 valence electrons. The molecule has 1 unspecified atom stereocenters. The maximum atomic E-state index is 12.7. The average molecular weight is 457 g/mol. The summed E-state index contributed by atoms with van der Waals surface area (Å²) in [6.45, 7) is 1.80. The molecule has 1 fully saturated rings. The van der Waals surface area contributed by atoms with Crippen molar-refractivity contribution in [2.24, 2.45) is 0 Å². The molecule has 0 bridgehead atoms. The maximum absolute atomic E-state index is 12.7. The molecular formula is C28H28N2O4. The lowest BCUT2D eigenvalue weighted by Gasteiger charge is -2.22. The molecule has 0 spiro atoms. The Morgan fingerprint density at radius 3 is 2.74 bits per heavy atom. The molecule has 1 atom stereocenters. The predicted octanol–water partition coefficient (Wildman–Crippen LogP) is 5.05. The summed E-state index contributed by atoms with van der Waals surface area (Å²) < 4.78 is 18.8. The summed E-state index contributed by atoms with van der Waals surface area (Å²) in [5, 5.41) is 0.981. The Labute approximate surface area is 198 Å². The van der Waals surface area contributed by atoms with Crippen LogP contribution in [-0.2, 0) is 22.5 Å². The Balaban J connectivity index is 1.24. The zero-order chi connectivity index (χ0) is 23.2. The molecular weight excluding hydrogens is 428 g/mol. The van der Waals surface area contributed by atoms with Gasteiger partial charge in [0.25, 0.3) is 5.56 Å². The van der Waals surface area contributed by atoms with Crippen LogP contribution in [0.1, 0.15) is 30.5 Å². The van der Waals surface area contributed by atoms with Gasteiger partial charge in [0.05, 0.1) is 12.1 Å². The van der Waals surface area contributed by atoms with Gasteiger partial charge in [0.1, 0.15) is 12.4 Å². The van der Waals surface area contributed by atoms with Crippen molar-refractivity contribution in [3.8, 4) is 11.4 Å². The predicted molar refractivity (Wildman–Crippen MR) is 131 cm³/mol. The third-order valence-electron chi connectivity index (χ3n) is 5.95. The molecule has 1 saturated heterocycles. The first-order chi connectivity index (χ1) is 16.7. The van der Waals surface area contributed by atoms with Crippen LogP contribution < -0.4 is 10.3 Å². The Morgan fingerprint density at radius 1 is 1.00 bits per heavy atom. The van der Waals surface area contributed by atoms with Gasteiger partial charge in [-0.25, -0.2) is 0 Å². The number of pyridine rings is 2. The number of aromatic nitrogens is 2. The van der Waals surface area contributed by atoms with Crippen LogP contribution in [0.2, 0.25) is 0 Å². The summed E-state index contributed by atoms with van der Waals surface area (Å²) in [5.41, 5.74) is 3.58. The normalized spacial score (nSPS) is 15.9. The molecule has 2 aromatic carbocycles. The molecule has 0 amide bonds. The lowest BCUT2D eigenvalue weighted by atomic mass is 10.1. The van der Waals surface area contributed by atoms with Crippen molar-refractivity contribution >= 4 is 10.9 Å². The summed E-state index contributed by atoms with van der Waals surface area (Å²) in [7, 11) is 0. The van der Waals surface area contributed by atoms with E-state index in [1.807, 2.05) is 66.7 Å². The third kappa shape index (κ3) is 5.53. The number of nitrogens with zero attached hydrogens (tertiary/aromatic N) is 2. The van der Waals surface area contributed by atoms with E-state index in [2.05, 4.69) is 0 Å². The van der Waals surface area contributed by atoms with Gasteiger partial charge in [0.15, 0.2) is 6.29 Å². The molecule has 1 aliphatic heterocycles. The Bertz CT molecular complexity index is 1300. The first kappa shape index (κ1) is 22.3. The fourth-order valence-corrected chi connectivity index (χ4v) is 4.09. The molecule has 5 rings (SSSR count). The lowest BCUT2D eigenvalue weighted by Crippen LogP contribution is -2.23. The summed E-state index contributed by atoms with van der Waals surface area (Å²) in [4.78, 5) is 17.5. The van der Waals surface area contributed by atoms with E-state index < -0.39 is 0 Å². The van der Waals surface area contributed by atoms with Crippen molar-refractivity contribution in [1.82, 2.24) is 9.55 Å². The number of rotatable bonds is 8. The van der Waals surface area contributed by atoms with Crippen LogP contribution in [0, 0.1) is 0 Å². The van der Waals surface area contributed by atoms with Crippen LogP contribution in [-0.4, -0.2) is 29.1 Å². The molecule has 0 aliphatic carbocycles. The molecule has 6 nitrogen and oxygen atoms in total. The van der Waals surface area contributed by atoms with Gasteiger partial charge in [-0.15, -0.1) is 0 Å². The van der Waals surface area contributed by atoms with Gasteiger partial charge in [0.2, 0.25) is 0 Å². The van der Waals surface area contributed by atoms with Crippen LogP contribution in [0.4, 0.5) is 0 Å². The second-order valence-corrected chi connectivity index (χ2v) is 8.44. The first-order valence-corrected chi connectivity index (χ1v) is 11.8. The van der Waals surface area contributed by atoms with Gasteiger partial charge in [0, 0.05) is 42.1 Å². The molecule has 6 heteroatoms. The molecule has 1 aliphatic rings. The van der Waals surface area contributed by atoms with E-state index in [-0.39, 0.29) is 11.8 Å². The zero-order valence-corrected chi connectivity index (χ0v) is 19.1. The van der Waals surface area contributed by atoms with Crippen molar-refractivity contribution in [3.05, 3.63) is 101 Å². The van der Waals surface area contributed by atoms with Crippen molar-refractivity contribution < 1.29 is 14.2 Å². The minimum Gasteiger partial charge on any atom is -0.489 e. The quantitative estimate of drug-likeness (QED) is 0.371. The number of hydrogen-bond acceptors (Lipinski definition) is 5. The van der Waals surface area contributed by atoms with E-state index in [0.717, 1.165) is 60.1 Å². The van der Waals surface area contributed by atoms with Gasteiger partial charge in [-0.1, -0.05) is 36.4 Å². The molecule has 3 heterocycles. The monoisotopic (exact) mass is 456 g/mol. The molecule has 4 aromatic rings. The van der Waals surface area contributed by atoms with Crippen molar-refractivity contribution in [2.45, 2.75) is 38.6 Å². The SMILES string of the molecule is O=c1cc(OCc2ccccc2)ccn1-c1ccc2nc(CCOC3CCCCO3)ccc2c1. The average Bonchev–Trinajstić information content (AvgIpc) is 2.88. The first-order valence-electron chi connectivity index (χ1n) is 11.8. The van der Waals surface area contributed by atoms with E-state index >= 15 is 0 Å². The summed E-state index contributed by atoms with van der Waals surface area (Å²) >= 11 is 0. The van der Waals surface area contributed by atoms with Crippen LogP contribution in [0.3, 0.4) is 0 Å². The van der Waals surface area contributed by atoms with Gasteiger partial charge < -0.3 is 14.2 Å². The zero-order valence-electron chi connectivity index (χ0n) is 19.1. The van der Waals surface area contributed by atoms with Gasteiger partial charge in [-0.2, -0.15) is 0 Å². The molecule has 0 radical (unpaired) electrons. The van der Waals surface area contributed by atoms with Crippen molar-refractivity contribution in [1.29, 1.82) is 0 Å². The summed E-state index contributed by atoms with van der Waals surface area (Å²) in [5.74, 6) is 0.554. The maximum Gasteiger partial charge on any atom is 0.258 e. The van der Waals surface area contributed by atoms with E-state index in [1.165, 1.54) is 6.07 Å². The smallest absolute Gasteiger partial charge is 0.258 e. The molecule has 0 N–H and O–H groups in total. The molecule has 0 saturated carbocycles. The fraction of sp³-hybridized carbons (Fsp3) is 0.286. The highest BCUT2D eigenvalue weighted by atomic mass is 16.7. The second-order valence-electron chi connectivity index (χ2n) is 8.44. The Kier molecular flexibility index (Phi) is 6.98. The highest BCUT2D eigenvalue weighted by Gasteiger charge is 2.14. The number of benzene rings is 2. The highest BCUT2D eigenvalue weighted by Crippen LogP contribution is 2.19. The highest BCUT2D eigenvalue weighted by molar-refractivity contribution is 5.81. The summed E-state index contributed by atoms with van der Waals surface area (Å²) in [6.07, 6.45) is 5.65. The summed E-state index contributed by atoms with van der Waals surface area (Å²) in [6, 6.07) is 23.1. The Hall–Kier alpha value is -3.48. The van der Waals surface area contributed by atoms with Crippen molar-refractivity contribution in [3.63, 3.8) is 0 Å². The number of ether oxygens (including phenoxy) is 3. The van der Waals surface area contributed by atoms with E-state index in [4.69, 9.17) is 19.2 Å². The minimum atomic E-state index is -0.142. The van der Waals surface area contributed by atoms with E-state index in [9.17, 15) is 4.79 Å². The van der Waals surface area contributed by atoms with Gasteiger partial charge >= 0.3 is 0 Å². The van der Waals surface area contributed by atoms with Crippen LogP contribution in [0.25, 0.3) is 16.6 Å². The largest absolute Gasteiger partial charge is 0.489 e. The standard InChI is InChI=1S/C28H28N2O4/c31-27-19-25(34-20-21-6-2-1-3-7-21)13-15-30(27)24-11-12-26-22(18-24)9-10-23(29-26)14-17-33-28-8-4-5-16-32-28/h1-3,6-7,9-13,15,18-19,28H,4-5,8,14,16-17,20H2. The topological polar surface area (TPSA) is 62.6 Å². The second kappa shape index (κ2) is 10.6. The number of fused-ring (bicyclic) bond motifs is 1. The fourth-order valence-electron chi connectivity index (χ4n) is 4.09. The Morgan fingerprint density at radius 2 is 1.91 bits per heavy atom. The van der Waals surface area contributed by atoms with Crippen LogP contribution in [0.15, 0.2) is 83.8 Å². The van der Waals surface area contributed by atoms with Crippen LogP contribution in [0.5, 0.6) is 5.75 Å². The molecule has 34 heavy (non-hydrogen) atoms. The van der Waals surface area contributed by atoms with E-state index in [0.29, 0.717) is 19.0 Å². The van der Waals surface area contributed by atoms with Crippen molar-refractivity contribution in [2.75, 3.05) is 13.2 Å². The molecule has 2 aromatic heterocycles. The van der Waals surface area contributed by atoms with Gasteiger partial charge in [-0.05, 0) is 55.2 Å². The minimum absolute atomic E-state index is 0.0785.